The van der Waals surface area contributed by atoms with E-state index in [0.717, 1.165) is 15.0 Å². The second kappa shape index (κ2) is 6.83. The van der Waals surface area contributed by atoms with Gasteiger partial charge in [-0.05, 0) is 31.5 Å². The number of rotatable bonds is 5. The number of hydrogen-bond acceptors (Lipinski definition) is 5. The lowest BCUT2D eigenvalue weighted by Crippen LogP contribution is -2.08. The van der Waals surface area contributed by atoms with Gasteiger partial charge >= 0.3 is 0 Å². The van der Waals surface area contributed by atoms with Gasteiger partial charge in [-0.3, -0.25) is 0 Å². The molecule has 0 fully saturated rings. The van der Waals surface area contributed by atoms with Gasteiger partial charge in [0.2, 0.25) is 0 Å². The standard InChI is InChI=1S/C15H16BrN3OS/c1-9(2)20-14-13(18)12(7-17)21-15(14)19-8-10-4-3-5-11(16)6-10/h3-6,9,19H,8,18H2,1-2H3. The summed E-state index contributed by atoms with van der Waals surface area (Å²) in [7, 11) is 0. The largest absolute Gasteiger partial charge is 0.486 e. The number of benzene rings is 1. The Morgan fingerprint density at radius 1 is 1.48 bits per heavy atom. The van der Waals surface area contributed by atoms with Gasteiger partial charge < -0.3 is 15.8 Å². The van der Waals surface area contributed by atoms with Crippen molar-refractivity contribution < 1.29 is 4.74 Å². The second-order valence-electron chi connectivity index (χ2n) is 4.76. The molecule has 6 heteroatoms. The van der Waals surface area contributed by atoms with Crippen LogP contribution >= 0.6 is 27.3 Å². The topological polar surface area (TPSA) is 71.1 Å². The number of nitrogens with two attached hydrogens (primary N) is 1. The number of anilines is 2. The first-order valence-corrected chi connectivity index (χ1v) is 8.09. The molecular formula is C15H16BrN3OS. The summed E-state index contributed by atoms with van der Waals surface area (Å²) in [5.41, 5.74) is 7.51. The predicted octanol–water partition coefficient (Wildman–Crippen LogP) is 4.36. The Morgan fingerprint density at radius 2 is 2.24 bits per heavy atom. The van der Waals surface area contributed by atoms with E-state index in [1.807, 2.05) is 38.1 Å². The fourth-order valence-electron chi connectivity index (χ4n) is 1.81. The number of nitrogen functional groups attached to an aromatic ring is 1. The van der Waals surface area contributed by atoms with E-state index in [1.54, 1.807) is 0 Å². The summed E-state index contributed by atoms with van der Waals surface area (Å²) < 4.78 is 6.76. The van der Waals surface area contributed by atoms with Crippen molar-refractivity contribution in [3.05, 3.63) is 39.2 Å². The molecule has 0 bridgehead atoms. The van der Waals surface area contributed by atoms with Crippen molar-refractivity contribution in [2.45, 2.75) is 26.5 Å². The van der Waals surface area contributed by atoms with E-state index in [0.29, 0.717) is 22.9 Å². The van der Waals surface area contributed by atoms with Crippen molar-refractivity contribution in [3.8, 4) is 11.8 Å². The Bertz CT molecular complexity index is 676. The van der Waals surface area contributed by atoms with Gasteiger partial charge in [0.1, 0.15) is 21.6 Å². The van der Waals surface area contributed by atoms with Crippen LogP contribution in [0.25, 0.3) is 0 Å². The number of halogens is 1. The molecule has 0 aliphatic rings. The molecule has 0 radical (unpaired) electrons. The summed E-state index contributed by atoms with van der Waals surface area (Å²) in [5, 5.41) is 13.2. The lowest BCUT2D eigenvalue weighted by Gasteiger charge is -2.12. The molecule has 1 aromatic heterocycles. The van der Waals surface area contributed by atoms with Gasteiger partial charge in [-0.15, -0.1) is 11.3 Å². The third-order valence-corrected chi connectivity index (χ3v) is 4.24. The fourth-order valence-corrected chi connectivity index (χ4v) is 3.10. The maximum atomic E-state index is 9.10. The smallest absolute Gasteiger partial charge is 0.178 e. The fraction of sp³-hybridized carbons (Fsp3) is 0.267. The second-order valence-corrected chi connectivity index (χ2v) is 6.70. The third kappa shape index (κ3) is 3.90. The summed E-state index contributed by atoms with van der Waals surface area (Å²) in [5.74, 6) is 0.571. The van der Waals surface area contributed by atoms with E-state index in [1.165, 1.54) is 11.3 Å². The zero-order chi connectivity index (χ0) is 15.4. The van der Waals surface area contributed by atoms with Gasteiger partial charge in [-0.25, -0.2) is 0 Å². The monoisotopic (exact) mass is 365 g/mol. The number of hydrogen-bond donors (Lipinski definition) is 2. The quantitative estimate of drug-likeness (QED) is 0.825. The number of thiophene rings is 1. The van der Waals surface area contributed by atoms with Crippen LogP contribution in [0.2, 0.25) is 0 Å². The molecule has 0 saturated carbocycles. The molecule has 0 amide bonds. The van der Waals surface area contributed by atoms with Crippen molar-refractivity contribution in [1.29, 1.82) is 5.26 Å². The molecule has 2 aromatic rings. The molecule has 0 spiro atoms. The van der Waals surface area contributed by atoms with Crippen LogP contribution in [0.15, 0.2) is 28.7 Å². The average Bonchev–Trinajstić information content (AvgIpc) is 2.73. The predicted molar refractivity (Wildman–Crippen MR) is 90.7 cm³/mol. The first kappa shape index (κ1) is 15.7. The van der Waals surface area contributed by atoms with Gasteiger partial charge in [0.25, 0.3) is 0 Å². The normalized spacial score (nSPS) is 10.4. The van der Waals surface area contributed by atoms with Crippen molar-refractivity contribution in [1.82, 2.24) is 0 Å². The van der Waals surface area contributed by atoms with Crippen LogP contribution in [-0.2, 0) is 6.54 Å². The van der Waals surface area contributed by atoms with Crippen molar-refractivity contribution >= 4 is 38.0 Å². The number of ether oxygens (including phenoxy) is 1. The molecule has 0 saturated heterocycles. The first-order chi connectivity index (χ1) is 10.0. The van der Waals surface area contributed by atoms with E-state index in [4.69, 9.17) is 15.7 Å². The van der Waals surface area contributed by atoms with Crippen molar-refractivity contribution in [2.24, 2.45) is 0 Å². The summed E-state index contributed by atoms with van der Waals surface area (Å²) in [6, 6.07) is 10.1. The maximum Gasteiger partial charge on any atom is 0.178 e. The molecule has 2 rings (SSSR count). The van der Waals surface area contributed by atoms with Crippen LogP contribution in [0.4, 0.5) is 10.7 Å². The highest BCUT2D eigenvalue weighted by Crippen LogP contribution is 2.43. The lowest BCUT2D eigenvalue weighted by atomic mass is 10.2. The highest BCUT2D eigenvalue weighted by Gasteiger charge is 2.18. The molecule has 1 heterocycles. The number of nitriles is 1. The molecule has 0 unspecified atom stereocenters. The van der Waals surface area contributed by atoms with E-state index in [9.17, 15) is 0 Å². The Hall–Kier alpha value is -1.71. The van der Waals surface area contributed by atoms with Gasteiger partial charge in [-0.2, -0.15) is 5.26 Å². The molecule has 0 atom stereocenters. The maximum absolute atomic E-state index is 9.10. The van der Waals surface area contributed by atoms with Crippen LogP contribution < -0.4 is 15.8 Å². The minimum atomic E-state index is -0.000127. The van der Waals surface area contributed by atoms with E-state index in [-0.39, 0.29) is 6.10 Å². The van der Waals surface area contributed by atoms with Gasteiger partial charge in [-0.1, -0.05) is 28.1 Å². The molecule has 21 heavy (non-hydrogen) atoms. The van der Waals surface area contributed by atoms with Crippen LogP contribution in [-0.4, -0.2) is 6.10 Å². The first-order valence-electron chi connectivity index (χ1n) is 6.48. The number of nitrogens with one attached hydrogen (secondary N) is 1. The molecular weight excluding hydrogens is 350 g/mol. The molecule has 0 aliphatic heterocycles. The van der Waals surface area contributed by atoms with E-state index >= 15 is 0 Å². The van der Waals surface area contributed by atoms with E-state index < -0.39 is 0 Å². The summed E-state index contributed by atoms with van der Waals surface area (Å²) in [6.07, 6.45) is -0.000127. The molecule has 3 N–H and O–H groups in total. The van der Waals surface area contributed by atoms with Crippen LogP contribution in [0.5, 0.6) is 5.75 Å². The van der Waals surface area contributed by atoms with Crippen LogP contribution in [0, 0.1) is 11.3 Å². The third-order valence-electron chi connectivity index (χ3n) is 2.70. The van der Waals surface area contributed by atoms with Crippen LogP contribution in [0.3, 0.4) is 0 Å². The minimum Gasteiger partial charge on any atom is -0.486 e. The Balaban J connectivity index is 2.21. The molecule has 4 nitrogen and oxygen atoms in total. The number of nitrogens with zero attached hydrogens (tertiary/aromatic N) is 1. The van der Waals surface area contributed by atoms with Gasteiger partial charge in [0, 0.05) is 11.0 Å². The average molecular weight is 366 g/mol. The Kier molecular flexibility index (Phi) is 5.10. The van der Waals surface area contributed by atoms with Gasteiger partial charge in [0.15, 0.2) is 5.75 Å². The van der Waals surface area contributed by atoms with Crippen molar-refractivity contribution in [3.63, 3.8) is 0 Å². The Morgan fingerprint density at radius 3 is 2.86 bits per heavy atom. The minimum absolute atomic E-state index is 0.000127. The van der Waals surface area contributed by atoms with E-state index in [2.05, 4.69) is 27.3 Å². The molecule has 1 aromatic carbocycles. The summed E-state index contributed by atoms with van der Waals surface area (Å²) >= 11 is 4.77. The zero-order valence-corrected chi connectivity index (χ0v) is 14.2. The summed E-state index contributed by atoms with van der Waals surface area (Å²) in [4.78, 5) is 0.474. The molecule has 0 aliphatic carbocycles. The van der Waals surface area contributed by atoms with Gasteiger partial charge in [0.05, 0.1) is 6.10 Å². The SMILES string of the molecule is CC(C)Oc1c(NCc2cccc(Br)c2)sc(C#N)c1N. The lowest BCUT2D eigenvalue weighted by molar-refractivity contribution is 0.246. The Labute approximate surface area is 136 Å². The highest BCUT2D eigenvalue weighted by molar-refractivity contribution is 9.10. The molecule has 110 valence electrons. The van der Waals surface area contributed by atoms with Crippen molar-refractivity contribution in [2.75, 3.05) is 11.1 Å². The summed E-state index contributed by atoms with van der Waals surface area (Å²) in [6.45, 7) is 4.50. The zero-order valence-electron chi connectivity index (χ0n) is 11.8. The highest BCUT2D eigenvalue weighted by atomic mass is 79.9. The van der Waals surface area contributed by atoms with Crippen LogP contribution in [0.1, 0.15) is 24.3 Å².